The third-order valence-electron chi connectivity index (χ3n) is 3.52. The maximum absolute atomic E-state index is 10.7. The van der Waals surface area contributed by atoms with Gasteiger partial charge in [-0.05, 0) is 24.1 Å². The maximum atomic E-state index is 10.7. The van der Waals surface area contributed by atoms with Crippen molar-refractivity contribution < 1.29 is 9.90 Å². The van der Waals surface area contributed by atoms with E-state index in [9.17, 15) is 4.79 Å². The maximum Gasteiger partial charge on any atom is 0.328 e. The molecule has 1 fully saturated rings. The van der Waals surface area contributed by atoms with E-state index in [1.165, 1.54) is 0 Å². The predicted octanol–water partition coefficient (Wildman–Crippen LogP) is 1.96. The number of carboxylic acid groups (broad SMARTS) is 1. The monoisotopic (exact) mass is 289 g/mol. The lowest BCUT2D eigenvalue weighted by atomic mass is 10.1. The van der Waals surface area contributed by atoms with Gasteiger partial charge in [0.1, 0.15) is 5.82 Å². The Balaban J connectivity index is 2.05. The number of aromatic nitrogens is 1. The average molecular weight is 289 g/mol. The molecule has 0 saturated carbocycles. The standard InChI is InChI=1S/C16H23N3O2/c1-13(2)12-18-8-10-19(11-9-18)16-14(4-3-7-17-16)5-6-15(20)21/h3-7,13H,8-12H2,1-2H3,(H,20,21)/b6-5+. The van der Waals surface area contributed by atoms with Crippen molar-refractivity contribution in [2.24, 2.45) is 5.92 Å². The molecule has 1 saturated heterocycles. The molecule has 1 N–H and O–H groups in total. The Bertz CT molecular complexity index is 506. The second-order valence-electron chi connectivity index (χ2n) is 5.77. The molecule has 0 radical (unpaired) electrons. The first-order valence-corrected chi connectivity index (χ1v) is 7.39. The molecule has 1 aliphatic heterocycles. The van der Waals surface area contributed by atoms with E-state index >= 15 is 0 Å². The summed E-state index contributed by atoms with van der Waals surface area (Å²) in [5.74, 6) is 0.617. The quantitative estimate of drug-likeness (QED) is 0.840. The number of anilines is 1. The van der Waals surface area contributed by atoms with E-state index in [1.807, 2.05) is 12.1 Å². The summed E-state index contributed by atoms with van der Waals surface area (Å²) < 4.78 is 0. The first kappa shape index (κ1) is 15.5. The molecule has 114 valence electrons. The molecule has 5 nitrogen and oxygen atoms in total. The predicted molar refractivity (Wildman–Crippen MR) is 84.4 cm³/mol. The normalized spacial score (nSPS) is 16.8. The highest BCUT2D eigenvalue weighted by molar-refractivity contribution is 5.86. The average Bonchev–Trinajstić information content (AvgIpc) is 2.46. The highest BCUT2D eigenvalue weighted by Crippen LogP contribution is 2.20. The van der Waals surface area contributed by atoms with Gasteiger partial charge in [0, 0.05) is 50.6 Å². The Labute approximate surface area is 125 Å². The van der Waals surface area contributed by atoms with E-state index in [0.717, 1.165) is 50.2 Å². The SMILES string of the molecule is CC(C)CN1CCN(c2ncccc2/C=C/C(=O)O)CC1. The smallest absolute Gasteiger partial charge is 0.328 e. The van der Waals surface area contributed by atoms with Crippen molar-refractivity contribution in [3.63, 3.8) is 0 Å². The second-order valence-corrected chi connectivity index (χ2v) is 5.77. The van der Waals surface area contributed by atoms with Crippen molar-refractivity contribution in [2.45, 2.75) is 13.8 Å². The second kappa shape index (κ2) is 7.22. The fourth-order valence-electron chi connectivity index (χ4n) is 2.62. The molecule has 0 spiro atoms. The molecule has 0 bridgehead atoms. The highest BCUT2D eigenvalue weighted by atomic mass is 16.4. The third-order valence-corrected chi connectivity index (χ3v) is 3.52. The van der Waals surface area contributed by atoms with Crippen molar-refractivity contribution in [3.05, 3.63) is 30.0 Å². The number of carbonyl (C=O) groups is 1. The summed E-state index contributed by atoms with van der Waals surface area (Å²) in [5, 5.41) is 8.77. The lowest BCUT2D eigenvalue weighted by Crippen LogP contribution is -2.47. The lowest BCUT2D eigenvalue weighted by Gasteiger charge is -2.36. The van der Waals surface area contributed by atoms with Gasteiger partial charge in [-0.3, -0.25) is 4.90 Å². The Morgan fingerprint density at radius 2 is 2.10 bits per heavy atom. The molecule has 0 aromatic carbocycles. The van der Waals surface area contributed by atoms with Gasteiger partial charge in [-0.15, -0.1) is 0 Å². The van der Waals surface area contributed by atoms with Gasteiger partial charge in [0.15, 0.2) is 0 Å². The van der Waals surface area contributed by atoms with Crippen LogP contribution in [0.3, 0.4) is 0 Å². The van der Waals surface area contributed by atoms with Crippen LogP contribution < -0.4 is 4.90 Å². The van der Waals surface area contributed by atoms with Crippen LogP contribution in [0.5, 0.6) is 0 Å². The van der Waals surface area contributed by atoms with Crippen molar-refractivity contribution in [1.82, 2.24) is 9.88 Å². The first-order chi connectivity index (χ1) is 10.1. The minimum absolute atomic E-state index is 0.681. The van der Waals surface area contributed by atoms with Crippen LogP contribution in [0.4, 0.5) is 5.82 Å². The fraction of sp³-hybridized carbons (Fsp3) is 0.500. The number of hydrogen-bond donors (Lipinski definition) is 1. The Hall–Kier alpha value is -1.88. The highest BCUT2D eigenvalue weighted by Gasteiger charge is 2.19. The van der Waals surface area contributed by atoms with Gasteiger partial charge in [0.05, 0.1) is 0 Å². The Morgan fingerprint density at radius 1 is 1.38 bits per heavy atom. The molecule has 0 atom stereocenters. The number of piperazine rings is 1. The molecule has 1 aromatic heterocycles. The molecular weight excluding hydrogens is 266 g/mol. The van der Waals surface area contributed by atoms with E-state index in [2.05, 4.69) is 28.6 Å². The first-order valence-electron chi connectivity index (χ1n) is 7.39. The third kappa shape index (κ3) is 4.56. The molecule has 1 aliphatic rings. The van der Waals surface area contributed by atoms with E-state index in [4.69, 9.17) is 5.11 Å². The van der Waals surface area contributed by atoms with Gasteiger partial charge in [0.25, 0.3) is 0 Å². The van der Waals surface area contributed by atoms with Gasteiger partial charge in [-0.2, -0.15) is 0 Å². The summed E-state index contributed by atoms with van der Waals surface area (Å²) in [6, 6.07) is 3.74. The minimum atomic E-state index is -0.938. The molecule has 1 aromatic rings. The molecule has 2 rings (SSSR count). The molecule has 2 heterocycles. The molecule has 0 amide bonds. The van der Waals surface area contributed by atoms with Crippen LogP contribution in [0, 0.1) is 5.92 Å². The van der Waals surface area contributed by atoms with Gasteiger partial charge >= 0.3 is 5.97 Å². The van der Waals surface area contributed by atoms with E-state index in [1.54, 1.807) is 12.3 Å². The van der Waals surface area contributed by atoms with Gasteiger partial charge < -0.3 is 10.0 Å². The topological polar surface area (TPSA) is 56.7 Å². The molecular formula is C16H23N3O2. The van der Waals surface area contributed by atoms with E-state index < -0.39 is 5.97 Å². The van der Waals surface area contributed by atoms with Crippen LogP contribution in [0.1, 0.15) is 19.4 Å². The summed E-state index contributed by atoms with van der Waals surface area (Å²) in [6.07, 6.45) is 4.54. The van der Waals surface area contributed by atoms with Crippen LogP contribution in [0.25, 0.3) is 6.08 Å². The zero-order chi connectivity index (χ0) is 15.2. The zero-order valence-corrected chi connectivity index (χ0v) is 12.7. The summed E-state index contributed by atoms with van der Waals surface area (Å²) in [5.41, 5.74) is 0.859. The Morgan fingerprint density at radius 3 is 2.71 bits per heavy atom. The number of hydrogen-bond acceptors (Lipinski definition) is 4. The lowest BCUT2D eigenvalue weighted by molar-refractivity contribution is -0.131. The molecule has 0 aliphatic carbocycles. The van der Waals surface area contributed by atoms with Crippen molar-refractivity contribution in [1.29, 1.82) is 0 Å². The number of rotatable bonds is 5. The molecule has 0 unspecified atom stereocenters. The van der Waals surface area contributed by atoms with Crippen LogP contribution in [0.15, 0.2) is 24.4 Å². The summed E-state index contributed by atoms with van der Waals surface area (Å²) in [4.78, 5) is 19.8. The van der Waals surface area contributed by atoms with Crippen LogP contribution in [0.2, 0.25) is 0 Å². The van der Waals surface area contributed by atoms with Crippen LogP contribution >= 0.6 is 0 Å². The van der Waals surface area contributed by atoms with Gasteiger partial charge in [0.2, 0.25) is 0 Å². The number of pyridine rings is 1. The van der Waals surface area contributed by atoms with Gasteiger partial charge in [-0.25, -0.2) is 9.78 Å². The van der Waals surface area contributed by atoms with Crippen LogP contribution in [-0.4, -0.2) is 53.7 Å². The summed E-state index contributed by atoms with van der Waals surface area (Å²) >= 11 is 0. The largest absolute Gasteiger partial charge is 0.478 e. The fourth-order valence-corrected chi connectivity index (χ4v) is 2.62. The summed E-state index contributed by atoms with van der Waals surface area (Å²) in [7, 11) is 0. The number of aliphatic carboxylic acids is 1. The van der Waals surface area contributed by atoms with Crippen LogP contribution in [-0.2, 0) is 4.79 Å². The molecule has 5 heteroatoms. The van der Waals surface area contributed by atoms with Crippen molar-refractivity contribution in [3.8, 4) is 0 Å². The van der Waals surface area contributed by atoms with Gasteiger partial charge in [-0.1, -0.05) is 13.8 Å². The summed E-state index contributed by atoms with van der Waals surface area (Å²) in [6.45, 7) is 9.50. The minimum Gasteiger partial charge on any atom is -0.478 e. The number of nitrogens with zero attached hydrogens (tertiary/aromatic N) is 3. The van der Waals surface area contributed by atoms with E-state index in [0.29, 0.717) is 5.92 Å². The zero-order valence-electron chi connectivity index (χ0n) is 12.7. The van der Waals surface area contributed by atoms with Crippen molar-refractivity contribution in [2.75, 3.05) is 37.6 Å². The van der Waals surface area contributed by atoms with E-state index in [-0.39, 0.29) is 0 Å². The molecule has 21 heavy (non-hydrogen) atoms. The van der Waals surface area contributed by atoms with Crippen molar-refractivity contribution >= 4 is 17.9 Å². The number of carboxylic acids is 1. The Kier molecular flexibility index (Phi) is 5.33.